The Morgan fingerprint density at radius 1 is 1.00 bits per heavy atom. The van der Waals surface area contributed by atoms with Gasteiger partial charge >= 0.3 is 0 Å². The minimum atomic E-state index is -0.642. The molecule has 3 rings (SSSR count). The van der Waals surface area contributed by atoms with E-state index >= 15 is 0 Å². The maximum Gasteiger partial charge on any atom is 0.276 e. The summed E-state index contributed by atoms with van der Waals surface area (Å²) in [5.41, 5.74) is 2.11. The van der Waals surface area contributed by atoms with Gasteiger partial charge in [0.1, 0.15) is 18.1 Å². The molecule has 0 unspecified atom stereocenters. The van der Waals surface area contributed by atoms with Gasteiger partial charge in [0.05, 0.1) is 5.69 Å². The Morgan fingerprint density at radius 3 is 2.48 bits per heavy atom. The highest BCUT2D eigenvalue weighted by molar-refractivity contribution is 6.02. The molecular weight excluding hydrogens is 375 g/mol. The molecule has 0 atom stereocenters. The molecule has 2 N–H and O–H groups in total. The average molecular weight is 394 g/mol. The summed E-state index contributed by atoms with van der Waals surface area (Å²) in [6, 6.07) is 13.6. The van der Waals surface area contributed by atoms with Crippen LogP contribution in [0.25, 0.3) is 0 Å². The minimum Gasteiger partial charge on any atom is -0.322 e. The van der Waals surface area contributed by atoms with Crippen LogP contribution in [0.4, 0.5) is 15.8 Å². The molecule has 148 valence electrons. The summed E-state index contributed by atoms with van der Waals surface area (Å²) in [5, 5.41) is 9.03. The lowest BCUT2D eigenvalue weighted by molar-refractivity contribution is -0.117. The second-order valence-electron chi connectivity index (χ2n) is 6.50. The molecule has 7 nitrogen and oxygen atoms in total. The summed E-state index contributed by atoms with van der Waals surface area (Å²) in [5.74, 6) is -1.75. The molecular formula is C21H19FN4O3. The maximum absolute atomic E-state index is 13.6. The number of rotatable bonds is 5. The van der Waals surface area contributed by atoms with Crippen LogP contribution in [0.15, 0.2) is 59.4 Å². The van der Waals surface area contributed by atoms with E-state index in [0.717, 1.165) is 21.9 Å². The first-order chi connectivity index (χ1) is 13.8. The molecule has 0 aliphatic rings. The van der Waals surface area contributed by atoms with E-state index in [2.05, 4.69) is 15.7 Å². The number of halogens is 1. The summed E-state index contributed by atoms with van der Waals surface area (Å²) in [4.78, 5) is 36.6. The van der Waals surface area contributed by atoms with Crippen molar-refractivity contribution >= 4 is 23.2 Å². The zero-order chi connectivity index (χ0) is 21.0. The number of hydrogen-bond donors (Lipinski definition) is 2. The van der Waals surface area contributed by atoms with E-state index in [1.54, 1.807) is 12.1 Å². The van der Waals surface area contributed by atoms with Gasteiger partial charge in [0.2, 0.25) is 5.91 Å². The van der Waals surface area contributed by atoms with E-state index in [0.29, 0.717) is 5.69 Å². The molecule has 1 heterocycles. The number of para-hydroxylation sites is 1. The Labute approximate surface area is 166 Å². The molecule has 0 aliphatic carbocycles. The van der Waals surface area contributed by atoms with Crippen molar-refractivity contribution in [1.82, 2.24) is 9.78 Å². The van der Waals surface area contributed by atoms with Crippen molar-refractivity contribution in [3.05, 3.63) is 87.6 Å². The topological polar surface area (TPSA) is 93.1 Å². The van der Waals surface area contributed by atoms with Gasteiger partial charge in [0.25, 0.3) is 11.5 Å². The van der Waals surface area contributed by atoms with Gasteiger partial charge in [0.15, 0.2) is 0 Å². The molecule has 2 amide bonds. The zero-order valence-corrected chi connectivity index (χ0v) is 15.9. The highest BCUT2D eigenvalue weighted by Crippen LogP contribution is 2.15. The highest BCUT2D eigenvalue weighted by atomic mass is 19.1. The van der Waals surface area contributed by atoms with Crippen LogP contribution in [0.1, 0.15) is 21.6 Å². The summed E-state index contributed by atoms with van der Waals surface area (Å²) in [6.45, 7) is 3.43. The Balaban J connectivity index is 1.74. The summed E-state index contributed by atoms with van der Waals surface area (Å²) < 4.78 is 14.5. The predicted molar refractivity (Wildman–Crippen MR) is 107 cm³/mol. The third-order valence-corrected chi connectivity index (χ3v) is 4.31. The van der Waals surface area contributed by atoms with E-state index < -0.39 is 29.7 Å². The van der Waals surface area contributed by atoms with Crippen LogP contribution < -0.4 is 16.2 Å². The quantitative estimate of drug-likeness (QED) is 0.696. The summed E-state index contributed by atoms with van der Waals surface area (Å²) in [7, 11) is 0. The lowest BCUT2D eigenvalue weighted by atomic mass is 10.1. The number of carbonyl (C=O) groups is 2. The normalized spacial score (nSPS) is 10.4. The molecule has 8 heteroatoms. The molecule has 2 aromatic carbocycles. The first-order valence-electron chi connectivity index (χ1n) is 8.84. The van der Waals surface area contributed by atoms with Crippen molar-refractivity contribution in [2.24, 2.45) is 0 Å². The molecule has 0 spiro atoms. The molecule has 0 saturated carbocycles. The van der Waals surface area contributed by atoms with E-state index in [4.69, 9.17) is 0 Å². The second kappa shape index (κ2) is 8.47. The number of hydrogen-bond acceptors (Lipinski definition) is 4. The van der Waals surface area contributed by atoms with E-state index in [1.165, 1.54) is 24.3 Å². The third kappa shape index (κ3) is 4.92. The van der Waals surface area contributed by atoms with Crippen molar-refractivity contribution in [2.75, 3.05) is 10.6 Å². The van der Waals surface area contributed by atoms with Crippen LogP contribution in [0.3, 0.4) is 0 Å². The lowest BCUT2D eigenvalue weighted by Gasteiger charge is -2.10. The maximum atomic E-state index is 13.6. The van der Waals surface area contributed by atoms with Crippen LogP contribution in [0.2, 0.25) is 0 Å². The van der Waals surface area contributed by atoms with Crippen LogP contribution >= 0.6 is 0 Å². The van der Waals surface area contributed by atoms with Gasteiger partial charge in [-0.3, -0.25) is 14.4 Å². The Bertz CT molecular complexity index is 1140. The third-order valence-electron chi connectivity index (χ3n) is 4.31. The average Bonchev–Trinajstić information content (AvgIpc) is 2.68. The van der Waals surface area contributed by atoms with Crippen molar-refractivity contribution in [1.29, 1.82) is 0 Å². The van der Waals surface area contributed by atoms with Crippen LogP contribution in [0.5, 0.6) is 0 Å². The summed E-state index contributed by atoms with van der Waals surface area (Å²) in [6.07, 6.45) is 0. The smallest absolute Gasteiger partial charge is 0.276 e. The van der Waals surface area contributed by atoms with Crippen molar-refractivity contribution in [3.63, 3.8) is 0 Å². The lowest BCUT2D eigenvalue weighted by Crippen LogP contribution is -2.31. The Kier molecular flexibility index (Phi) is 5.82. The summed E-state index contributed by atoms with van der Waals surface area (Å²) >= 11 is 0. The van der Waals surface area contributed by atoms with Crippen LogP contribution in [-0.2, 0) is 11.3 Å². The van der Waals surface area contributed by atoms with Crippen molar-refractivity contribution in [3.8, 4) is 0 Å². The molecule has 0 bridgehead atoms. The number of aryl methyl sites for hydroxylation is 2. The first kappa shape index (κ1) is 19.9. The fourth-order valence-corrected chi connectivity index (χ4v) is 2.59. The Morgan fingerprint density at radius 2 is 1.76 bits per heavy atom. The fraction of sp³-hybridized carbons (Fsp3) is 0.143. The molecule has 1 aromatic heterocycles. The number of aromatic nitrogens is 2. The first-order valence-corrected chi connectivity index (χ1v) is 8.84. The van der Waals surface area contributed by atoms with Gasteiger partial charge in [0, 0.05) is 11.8 Å². The SMILES string of the molecule is Cc1ccc(NC(=O)c2ccc(=O)n(CC(=O)Nc3ccccc3F)n2)cc1C. The number of carbonyl (C=O) groups excluding carboxylic acids is 2. The number of nitrogens with one attached hydrogen (secondary N) is 2. The number of anilines is 2. The van der Waals surface area contributed by atoms with E-state index in [1.807, 2.05) is 26.0 Å². The molecule has 0 saturated heterocycles. The Hall–Kier alpha value is -3.81. The van der Waals surface area contributed by atoms with E-state index in [9.17, 15) is 18.8 Å². The van der Waals surface area contributed by atoms with Gasteiger partial charge in [-0.1, -0.05) is 18.2 Å². The number of nitrogens with zero attached hydrogens (tertiary/aromatic N) is 2. The molecule has 29 heavy (non-hydrogen) atoms. The number of benzene rings is 2. The molecule has 0 fully saturated rings. The molecule has 0 radical (unpaired) electrons. The standard InChI is InChI=1S/C21H19FN4O3/c1-13-7-8-15(11-14(13)2)23-21(29)18-9-10-20(28)26(25-18)12-19(27)24-17-6-4-3-5-16(17)22/h3-11H,12H2,1-2H3,(H,23,29)(H,24,27). The molecule has 3 aromatic rings. The van der Waals surface area contributed by atoms with Crippen LogP contribution in [-0.4, -0.2) is 21.6 Å². The largest absolute Gasteiger partial charge is 0.322 e. The van der Waals surface area contributed by atoms with Gasteiger partial charge in [-0.15, -0.1) is 0 Å². The van der Waals surface area contributed by atoms with Crippen LogP contribution in [0, 0.1) is 19.7 Å². The minimum absolute atomic E-state index is 0.00538. The van der Waals surface area contributed by atoms with Crippen molar-refractivity contribution < 1.29 is 14.0 Å². The number of amides is 2. The monoisotopic (exact) mass is 394 g/mol. The van der Waals surface area contributed by atoms with Gasteiger partial charge in [-0.2, -0.15) is 5.10 Å². The van der Waals surface area contributed by atoms with Gasteiger partial charge in [-0.05, 0) is 55.3 Å². The zero-order valence-electron chi connectivity index (χ0n) is 15.9. The highest BCUT2D eigenvalue weighted by Gasteiger charge is 2.13. The fourth-order valence-electron chi connectivity index (χ4n) is 2.59. The van der Waals surface area contributed by atoms with Gasteiger partial charge in [-0.25, -0.2) is 9.07 Å². The predicted octanol–water partition coefficient (Wildman–Crippen LogP) is 2.89. The molecule has 0 aliphatic heterocycles. The van der Waals surface area contributed by atoms with Crippen molar-refractivity contribution in [2.45, 2.75) is 20.4 Å². The van der Waals surface area contributed by atoms with Gasteiger partial charge < -0.3 is 10.6 Å². The van der Waals surface area contributed by atoms with E-state index in [-0.39, 0.29) is 11.4 Å². The second-order valence-corrected chi connectivity index (χ2v) is 6.50.